The monoisotopic (exact) mass is 513 g/mol. The molecule has 2 atom stereocenters. The van der Waals surface area contributed by atoms with Crippen molar-refractivity contribution in [2.24, 2.45) is 0 Å². The third kappa shape index (κ3) is 5.47. The van der Waals surface area contributed by atoms with Crippen molar-refractivity contribution in [1.29, 1.82) is 0 Å². The third-order valence-corrected chi connectivity index (χ3v) is 8.66. The molecule has 0 bridgehead atoms. The van der Waals surface area contributed by atoms with Crippen molar-refractivity contribution < 1.29 is 14.2 Å². The van der Waals surface area contributed by atoms with Gasteiger partial charge < -0.3 is 19.1 Å². The fraction of sp³-hybridized carbons (Fsp3) is 0.586. The maximum absolute atomic E-state index is 6.27. The first kappa shape index (κ1) is 25.7. The molecular formula is C29H40ClN3O3. The molecule has 6 nitrogen and oxygen atoms in total. The molecule has 0 aliphatic carbocycles. The van der Waals surface area contributed by atoms with E-state index in [9.17, 15) is 0 Å². The Morgan fingerprint density at radius 1 is 0.972 bits per heavy atom. The molecule has 7 heteroatoms. The maximum atomic E-state index is 6.27. The van der Waals surface area contributed by atoms with Gasteiger partial charge in [0, 0.05) is 63.1 Å². The number of ether oxygens (including phenoxy) is 3. The van der Waals surface area contributed by atoms with E-state index in [4.69, 9.17) is 25.8 Å². The van der Waals surface area contributed by atoms with E-state index < -0.39 is 0 Å². The molecule has 0 radical (unpaired) electrons. The van der Waals surface area contributed by atoms with Crippen molar-refractivity contribution in [2.75, 3.05) is 71.1 Å². The van der Waals surface area contributed by atoms with Crippen molar-refractivity contribution in [3.8, 4) is 11.5 Å². The first-order valence-electron chi connectivity index (χ1n) is 13.4. The minimum atomic E-state index is 0.478. The summed E-state index contributed by atoms with van der Waals surface area (Å²) in [6, 6.07) is 11.7. The van der Waals surface area contributed by atoms with Gasteiger partial charge in [0.15, 0.2) is 0 Å². The fourth-order valence-corrected chi connectivity index (χ4v) is 6.30. The minimum absolute atomic E-state index is 0.478. The molecule has 0 unspecified atom stereocenters. The van der Waals surface area contributed by atoms with E-state index in [1.807, 2.05) is 6.07 Å². The van der Waals surface area contributed by atoms with Crippen molar-refractivity contribution in [3.05, 3.63) is 52.0 Å². The number of benzene rings is 2. The summed E-state index contributed by atoms with van der Waals surface area (Å²) in [5, 5.41) is 0.664. The molecule has 36 heavy (non-hydrogen) atoms. The highest BCUT2D eigenvalue weighted by Gasteiger charge is 2.36. The summed E-state index contributed by atoms with van der Waals surface area (Å²) in [6.07, 6.45) is 3.74. The number of hydrogen-bond donors (Lipinski definition) is 0. The van der Waals surface area contributed by atoms with Crippen LogP contribution in [-0.4, -0.2) is 82.0 Å². The summed E-state index contributed by atoms with van der Waals surface area (Å²) in [5.74, 6) is 1.77. The Kier molecular flexibility index (Phi) is 8.26. The van der Waals surface area contributed by atoms with Crippen molar-refractivity contribution in [2.45, 2.75) is 45.2 Å². The molecule has 3 saturated heterocycles. The molecule has 3 aliphatic heterocycles. The van der Waals surface area contributed by atoms with Gasteiger partial charge in [-0.3, -0.25) is 9.80 Å². The number of piperazine rings is 1. The molecule has 5 rings (SSSR count). The van der Waals surface area contributed by atoms with Crippen LogP contribution >= 0.6 is 11.6 Å². The molecule has 3 aliphatic rings. The van der Waals surface area contributed by atoms with Gasteiger partial charge in [-0.1, -0.05) is 17.7 Å². The number of methoxy groups -OCH3 is 1. The van der Waals surface area contributed by atoms with Crippen LogP contribution in [0.25, 0.3) is 0 Å². The van der Waals surface area contributed by atoms with Crippen molar-refractivity contribution in [3.63, 3.8) is 0 Å². The fourth-order valence-electron chi connectivity index (χ4n) is 6.11. The van der Waals surface area contributed by atoms with Crippen LogP contribution in [0.4, 0.5) is 5.69 Å². The highest BCUT2D eigenvalue weighted by molar-refractivity contribution is 6.32. The van der Waals surface area contributed by atoms with E-state index in [0.717, 1.165) is 70.6 Å². The third-order valence-electron chi connectivity index (χ3n) is 8.35. The molecule has 3 fully saturated rings. The molecule has 0 spiro atoms. The Bertz CT molecular complexity index is 1040. The Morgan fingerprint density at radius 3 is 2.61 bits per heavy atom. The molecule has 0 N–H and O–H groups in total. The van der Waals surface area contributed by atoms with E-state index in [1.165, 1.54) is 41.6 Å². The predicted octanol–water partition coefficient (Wildman–Crippen LogP) is 5.09. The second-order valence-corrected chi connectivity index (χ2v) is 10.7. The Balaban J connectivity index is 1.25. The summed E-state index contributed by atoms with van der Waals surface area (Å²) >= 11 is 6.27. The number of morpholine rings is 1. The lowest BCUT2D eigenvalue weighted by molar-refractivity contribution is 0.0322. The molecule has 3 heterocycles. The van der Waals surface area contributed by atoms with Gasteiger partial charge in [0.1, 0.15) is 18.1 Å². The largest absolute Gasteiger partial charge is 0.495 e. The smallest absolute Gasteiger partial charge is 0.139 e. The van der Waals surface area contributed by atoms with Gasteiger partial charge in [0.25, 0.3) is 0 Å². The van der Waals surface area contributed by atoms with Crippen molar-refractivity contribution in [1.82, 2.24) is 9.80 Å². The van der Waals surface area contributed by atoms with E-state index in [-0.39, 0.29) is 0 Å². The van der Waals surface area contributed by atoms with Gasteiger partial charge in [0.2, 0.25) is 0 Å². The topological polar surface area (TPSA) is 37.4 Å². The van der Waals surface area contributed by atoms with Gasteiger partial charge in [0.05, 0.1) is 25.3 Å². The van der Waals surface area contributed by atoms with Crippen LogP contribution in [0.1, 0.15) is 42.0 Å². The average Bonchev–Trinajstić information content (AvgIpc) is 2.91. The number of nitrogens with zero attached hydrogens (tertiary/aromatic N) is 3. The van der Waals surface area contributed by atoms with Crippen LogP contribution in [0, 0.1) is 13.8 Å². The predicted molar refractivity (Wildman–Crippen MR) is 146 cm³/mol. The van der Waals surface area contributed by atoms with Gasteiger partial charge in [-0.2, -0.15) is 0 Å². The number of anilines is 1. The Labute approximate surface area is 221 Å². The zero-order chi connectivity index (χ0) is 25.1. The summed E-state index contributed by atoms with van der Waals surface area (Å²) in [4.78, 5) is 7.67. The second-order valence-electron chi connectivity index (χ2n) is 10.3. The zero-order valence-corrected chi connectivity index (χ0v) is 22.7. The second kappa shape index (κ2) is 11.6. The lowest BCUT2D eigenvalue weighted by Crippen LogP contribution is -2.56. The quantitative estimate of drug-likeness (QED) is 0.513. The van der Waals surface area contributed by atoms with E-state index in [2.05, 4.69) is 52.8 Å². The first-order chi connectivity index (χ1) is 17.5. The summed E-state index contributed by atoms with van der Waals surface area (Å²) in [6.45, 7) is 13.0. The molecule has 0 amide bonds. The van der Waals surface area contributed by atoms with Crippen LogP contribution in [0.5, 0.6) is 11.5 Å². The lowest BCUT2D eigenvalue weighted by Gasteiger charge is -2.49. The Morgan fingerprint density at radius 2 is 1.81 bits per heavy atom. The van der Waals surface area contributed by atoms with Crippen molar-refractivity contribution >= 4 is 17.3 Å². The standard InChI is InChI=1S/C29H40ClN3O3/c1-21-22(2)28(36-18-15-31-13-16-35-17-14-31)10-8-25(21)27-6-4-5-24-20-32(11-12-33(24)27)23-7-9-26(30)29(19-23)34-3/h7-10,19,24,27H,4-6,11-18,20H2,1-3H3/t24-,27+/m0/s1. The highest BCUT2D eigenvalue weighted by Crippen LogP contribution is 2.40. The molecule has 0 aromatic heterocycles. The van der Waals surface area contributed by atoms with E-state index in [0.29, 0.717) is 17.1 Å². The number of rotatable bonds is 7. The van der Waals surface area contributed by atoms with Gasteiger partial charge in [-0.05, 0) is 68.0 Å². The van der Waals surface area contributed by atoms with Crippen LogP contribution in [0.15, 0.2) is 30.3 Å². The maximum Gasteiger partial charge on any atom is 0.139 e. The molecule has 2 aromatic rings. The van der Waals surface area contributed by atoms with Crippen LogP contribution < -0.4 is 14.4 Å². The normalized spacial score (nSPS) is 23.4. The van der Waals surface area contributed by atoms with Crippen LogP contribution in [0.3, 0.4) is 0 Å². The minimum Gasteiger partial charge on any atom is -0.495 e. The van der Waals surface area contributed by atoms with Gasteiger partial charge >= 0.3 is 0 Å². The van der Waals surface area contributed by atoms with Gasteiger partial charge in [-0.15, -0.1) is 0 Å². The Hall–Kier alpha value is -1.99. The molecular weight excluding hydrogens is 474 g/mol. The number of halogens is 1. The number of piperidine rings is 1. The van der Waals surface area contributed by atoms with E-state index >= 15 is 0 Å². The number of fused-ring (bicyclic) bond motifs is 1. The number of hydrogen-bond acceptors (Lipinski definition) is 6. The van der Waals surface area contributed by atoms with Crippen LogP contribution in [0.2, 0.25) is 5.02 Å². The molecule has 2 aromatic carbocycles. The summed E-state index contributed by atoms with van der Waals surface area (Å²) in [7, 11) is 1.68. The van der Waals surface area contributed by atoms with E-state index in [1.54, 1.807) is 7.11 Å². The zero-order valence-electron chi connectivity index (χ0n) is 22.0. The first-order valence-corrected chi connectivity index (χ1v) is 13.8. The van der Waals surface area contributed by atoms with Crippen LogP contribution in [-0.2, 0) is 4.74 Å². The highest BCUT2D eigenvalue weighted by atomic mass is 35.5. The average molecular weight is 514 g/mol. The van der Waals surface area contributed by atoms with Gasteiger partial charge in [-0.25, -0.2) is 0 Å². The summed E-state index contributed by atoms with van der Waals surface area (Å²) in [5.41, 5.74) is 5.33. The molecule has 0 saturated carbocycles. The SMILES string of the molecule is COc1cc(N2CCN3[C@@H](CCC[C@@H]3c3ccc(OCCN4CCOCC4)c(C)c3C)C2)ccc1Cl. The lowest BCUT2D eigenvalue weighted by atomic mass is 9.86. The summed E-state index contributed by atoms with van der Waals surface area (Å²) < 4.78 is 17.1. The molecule has 196 valence electrons.